The summed E-state index contributed by atoms with van der Waals surface area (Å²) in [6.07, 6.45) is 4.72. The second-order valence-electron chi connectivity index (χ2n) is 5.88. The molecule has 140 valence electrons. The average Bonchev–Trinajstić information content (AvgIpc) is 3.06. The van der Waals surface area contributed by atoms with Crippen molar-refractivity contribution >= 4 is 39.6 Å². The fraction of sp³-hybridized carbons (Fsp3) is 0.400. The first-order valence-electron chi connectivity index (χ1n) is 9.07. The molecule has 0 atom stereocenters. The molecule has 0 amide bonds. The molecule has 0 spiro atoms. The van der Waals surface area contributed by atoms with Gasteiger partial charge in [-0.1, -0.05) is 56.5 Å². The van der Waals surface area contributed by atoms with Crippen LogP contribution in [0.25, 0.3) is 10.4 Å². The zero-order valence-electron chi connectivity index (χ0n) is 15.3. The van der Waals surface area contributed by atoms with Gasteiger partial charge < -0.3 is 15.4 Å². The van der Waals surface area contributed by atoms with Gasteiger partial charge in [-0.15, -0.1) is 11.3 Å². The number of carbonyl (C=O) groups excluding carboxylic acids is 1. The number of nitrogens with one attached hydrogen (secondary N) is 2. The standard InChI is InChI=1S/C20H26N2O2S2/c1-3-5-6-10-13-21-20(25)22-18-16(19(23)24-4-2)14-17(26-18)15-11-8-7-9-12-15/h7-9,11-12,14H,3-6,10,13H2,1-2H3,(H2,21,22,25). The lowest BCUT2D eigenvalue weighted by Crippen LogP contribution is -2.29. The van der Waals surface area contributed by atoms with E-state index in [4.69, 9.17) is 17.0 Å². The molecule has 4 nitrogen and oxygen atoms in total. The van der Waals surface area contributed by atoms with E-state index in [0.717, 1.165) is 23.4 Å². The largest absolute Gasteiger partial charge is 0.462 e. The molecule has 1 heterocycles. The van der Waals surface area contributed by atoms with Gasteiger partial charge in [0.2, 0.25) is 0 Å². The monoisotopic (exact) mass is 390 g/mol. The van der Waals surface area contributed by atoms with Gasteiger partial charge in [0.05, 0.1) is 12.2 Å². The van der Waals surface area contributed by atoms with Crippen LogP contribution in [0.5, 0.6) is 0 Å². The van der Waals surface area contributed by atoms with Crippen molar-refractivity contribution in [2.24, 2.45) is 0 Å². The summed E-state index contributed by atoms with van der Waals surface area (Å²) in [6.45, 7) is 5.17. The summed E-state index contributed by atoms with van der Waals surface area (Å²) in [5.74, 6) is -0.334. The van der Waals surface area contributed by atoms with Crippen molar-refractivity contribution in [1.82, 2.24) is 5.32 Å². The SMILES string of the molecule is CCCCCCNC(=S)Nc1sc(-c2ccccc2)cc1C(=O)OCC. The first kappa shape index (κ1) is 20.4. The van der Waals surface area contributed by atoms with Crippen molar-refractivity contribution in [3.63, 3.8) is 0 Å². The number of hydrogen-bond donors (Lipinski definition) is 2. The van der Waals surface area contributed by atoms with Gasteiger partial charge in [0, 0.05) is 11.4 Å². The first-order valence-corrected chi connectivity index (χ1v) is 10.3. The molecule has 0 saturated carbocycles. The van der Waals surface area contributed by atoms with Crippen molar-refractivity contribution < 1.29 is 9.53 Å². The molecular weight excluding hydrogens is 364 g/mol. The van der Waals surface area contributed by atoms with E-state index in [2.05, 4.69) is 17.6 Å². The fourth-order valence-electron chi connectivity index (χ4n) is 2.49. The molecule has 0 fully saturated rings. The van der Waals surface area contributed by atoms with Crippen LogP contribution in [0.15, 0.2) is 36.4 Å². The molecule has 0 radical (unpaired) electrons. The Morgan fingerprint density at radius 3 is 2.62 bits per heavy atom. The molecule has 1 aromatic carbocycles. The third-order valence-corrected chi connectivity index (χ3v) is 5.17. The third kappa shape index (κ3) is 6.11. The molecule has 26 heavy (non-hydrogen) atoms. The van der Waals surface area contributed by atoms with Crippen LogP contribution in [-0.4, -0.2) is 24.2 Å². The van der Waals surface area contributed by atoms with Gasteiger partial charge in [0.15, 0.2) is 5.11 Å². The minimum absolute atomic E-state index is 0.334. The number of ether oxygens (including phenoxy) is 1. The summed E-state index contributed by atoms with van der Waals surface area (Å²) in [5, 5.41) is 7.63. The molecule has 0 aliphatic rings. The van der Waals surface area contributed by atoms with Crippen molar-refractivity contribution in [3.05, 3.63) is 42.0 Å². The molecule has 1 aromatic heterocycles. The average molecular weight is 391 g/mol. The normalized spacial score (nSPS) is 10.4. The van der Waals surface area contributed by atoms with Crippen LogP contribution in [0, 0.1) is 0 Å². The van der Waals surface area contributed by atoms with E-state index in [0.29, 0.717) is 22.3 Å². The number of thiophene rings is 1. The number of thiocarbonyl (C=S) groups is 1. The highest BCUT2D eigenvalue weighted by molar-refractivity contribution is 7.80. The van der Waals surface area contributed by atoms with Gasteiger partial charge in [-0.25, -0.2) is 4.79 Å². The summed E-state index contributed by atoms with van der Waals surface area (Å²) in [6, 6.07) is 11.8. The molecule has 6 heteroatoms. The van der Waals surface area contributed by atoms with Crippen LogP contribution in [0.1, 0.15) is 49.9 Å². The van der Waals surface area contributed by atoms with E-state index in [1.54, 1.807) is 6.92 Å². The van der Waals surface area contributed by atoms with Crippen molar-refractivity contribution in [3.8, 4) is 10.4 Å². The Morgan fingerprint density at radius 2 is 1.92 bits per heavy atom. The maximum absolute atomic E-state index is 12.3. The highest BCUT2D eigenvalue weighted by Gasteiger charge is 2.18. The second-order valence-corrected chi connectivity index (χ2v) is 7.34. The van der Waals surface area contributed by atoms with E-state index >= 15 is 0 Å². The maximum Gasteiger partial charge on any atom is 0.341 e. The van der Waals surface area contributed by atoms with Crippen LogP contribution >= 0.6 is 23.6 Å². The maximum atomic E-state index is 12.3. The summed E-state index contributed by atoms with van der Waals surface area (Å²) in [4.78, 5) is 13.3. The minimum Gasteiger partial charge on any atom is -0.462 e. The minimum atomic E-state index is -0.334. The highest BCUT2D eigenvalue weighted by atomic mass is 32.1. The Hall–Kier alpha value is -1.92. The highest BCUT2D eigenvalue weighted by Crippen LogP contribution is 2.35. The quantitative estimate of drug-likeness (QED) is 0.338. The first-order chi connectivity index (χ1) is 12.7. The van der Waals surface area contributed by atoms with Gasteiger partial charge in [-0.05, 0) is 37.2 Å². The Bertz CT molecular complexity index is 714. The predicted octanol–water partition coefficient (Wildman–Crippen LogP) is 5.46. The van der Waals surface area contributed by atoms with Crippen molar-refractivity contribution in [1.29, 1.82) is 0 Å². The number of unbranched alkanes of at least 4 members (excludes halogenated alkanes) is 3. The number of esters is 1. The number of carbonyl (C=O) groups is 1. The molecule has 0 unspecified atom stereocenters. The molecule has 2 rings (SSSR count). The summed E-state index contributed by atoms with van der Waals surface area (Å²) < 4.78 is 5.19. The second kappa shape index (κ2) is 10.9. The number of benzene rings is 1. The molecule has 0 aliphatic carbocycles. The Labute approximate surface area is 165 Å². The van der Waals surface area contributed by atoms with Crippen molar-refractivity contribution in [2.75, 3.05) is 18.5 Å². The summed E-state index contributed by atoms with van der Waals surface area (Å²) in [7, 11) is 0. The number of anilines is 1. The topological polar surface area (TPSA) is 50.4 Å². The van der Waals surface area contributed by atoms with Crippen LogP contribution in [0.2, 0.25) is 0 Å². The summed E-state index contributed by atoms with van der Waals surface area (Å²) >= 11 is 6.89. The van der Waals surface area contributed by atoms with Gasteiger partial charge in [-0.2, -0.15) is 0 Å². The van der Waals surface area contributed by atoms with Gasteiger partial charge >= 0.3 is 5.97 Å². The summed E-state index contributed by atoms with van der Waals surface area (Å²) in [5.41, 5.74) is 1.58. The molecule has 2 N–H and O–H groups in total. The zero-order valence-corrected chi connectivity index (χ0v) is 17.0. The Balaban J connectivity index is 2.08. The van der Waals surface area contributed by atoms with E-state index in [1.807, 2.05) is 36.4 Å². The fourth-order valence-corrected chi connectivity index (χ4v) is 3.81. The zero-order chi connectivity index (χ0) is 18.8. The van der Waals surface area contributed by atoms with Gasteiger partial charge in [0.1, 0.15) is 5.00 Å². The molecular formula is C20H26N2O2S2. The van der Waals surface area contributed by atoms with Crippen LogP contribution in [0.4, 0.5) is 5.00 Å². The van der Waals surface area contributed by atoms with Gasteiger partial charge in [-0.3, -0.25) is 0 Å². The van der Waals surface area contributed by atoms with E-state index in [9.17, 15) is 4.79 Å². The lowest BCUT2D eigenvalue weighted by atomic mass is 10.1. The molecule has 2 aromatic rings. The van der Waals surface area contributed by atoms with Gasteiger partial charge in [0.25, 0.3) is 0 Å². The molecule has 0 bridgehead atoms. The number of hydrogen-bond acceptors (Lipinski definition) is 4. The third-order valence-electron chi connectivity index (χ3n) is 3.83. The van der Waals surface area contributed by atoms with E-state index < -0.39 is 0 Å². The van der Waals surface area contributed by atoms with E-state index in [-0.39, 0.29) is 5.97 Å². The Morgan fingerprint density at radius 1 is 1.15 bits per heavy atom. The lowest BCUT2D eigenvalue weighted by Gasteiger charge is -2.10. The van der Waals surface area contributed by atoms with Crippen LogP contribution in [-0.2, 0) is 4.74 Å². The smallest absolute Gasteiger partial charge is 0.341 e. The number of rotatable bonds is 9. The van der Waals surface area contributed by atoms with Crippen molar-refractivity contribution in [2.45, 2.75) is 39.5 Å². The lowest BCUT2D eigenvalue weighted by molar-refractivity contribution is 0.0528. The van der Waals surface area contributed by atoms with Crippen LogP contribution < -0.4 is 10.6 Å². The Kier molecular flexibility index (Phi) is 8.58. The molecule has 0 saturated heterocycles. The van der Waals surface area contributed by atoms with Crippen LogP contribution in [0.3, 0.4) is 0 Å². The van der Waals surface area contributed by atoms with E-state index in [1.165, 1.54) is 30.6 Å². The molecule has 0 aliphatic heterocycles. The predicted molar refractivity (Wildman–Crippen MR) is 114 cm³/mol.